The molecule has 0 spiro atoms. The summed E-state index contributed by atoms with van der Waals surface area (Å²) in [4.78, 5) is 24.9. The Morgan fingerprint density at radius 2 is 1.72 bits per heavy atom. The molecule has 1 aromatic heterocycles. The molecule has 29 heavy (non-hydrogen) atoms. The lowest BCUT2D eigenvalue weighted by Gasteiger charge is -2.08. The number of esters is 1. The second kappa shape index (κ2) is 9.04. The van der Waals surface area contributed by atoms with Crippen molar-refractivity contribution in [3.8, 4) is 11.8 Å². The molecule has 0 saturated carbocycles. The SMILES string of the molecule is CCOC(=O)c1sc(N)c(C#N)c1COc1ccc(C(=O)c2ccccc2)cc1. The molecule has 1 heterocycles. The highest BCUT2D eigenvalue weighted by molar-refractivity contribution is 7.18. The van der Waals surface area contributed by atoms with Crippen molar-refractivity contribution in [2.45, 2.75) is 13.5 Å². The molecule has 146 valence electrons. The zero-order valence-corrected chi connectivity index (χ0v) is 16.5. The van der Waals surface area contributed by atoms with Crippen LogP contribution in [0.25, 0.3) is 0 Å². The van der Waals surface area contributed by atoms with Crippen LogP contribution in [0, 0.1) is 11.3 Å². The van der Waals surface area contributed by atoms with Crippen LogP contribution < -0.4 is 10.5 Å². The van der Waals surface area contributed by atoms with E-state index < -0.39 is 5.97 Å². The van der Waals surface area contributed by atoms with E-state index in [2.05, 4.69) is 0 Å². The van der Waals surface area contributed by atoms with Crippen LogP contribution in [-0.4, -0.2) is 18.4 Å². The molecule has 3 aromatic rings. The first kappa shape index (κ1) is 20.1. The molecule has 0 aliphatic carbocycles. The second-order valence-electron chi connectivity index (χ2n) is 5.99. The van der Waals surface area contributed by atoms with Gasteiger partial charge in [0, 0.05) is 16.7 Å². The van der Waals surface area contributed by atoms with E-state index in [9.17, 15) is 14.9 Å². The van der Waals surface area contributed by atoms with Gasteiger partial charge in [0.25, 0.3) is 0 Å². The predicted molar refractivity (Wildman–Crippen MR) is 110 cm³/mol. The Labute approximate surface area is 172 Å². The van der Waals surface area contributed by atoms with Crippen molar-refractivity contribution in [2.75, 3.05) is 12.3 Å². The average molecular weight is 406 g/mol. The molecule has 0 unspecified atom stereocenters. The van der Waals surface area contributed by atoms with Crippen LogP contribution >= 0.6 is 11.3 Å². The molecule has 0 fully saturated rings. The van der Waals surface area contributed by atoms with Crippen LogP contribution in [0.4, 0.5) is 5.00 Å². The summed E-state index contributed by atoms with van der Waals surface area (Å²) in [7, 11) is 0. The number of hydrogen-bond donors (Lipinski definition) is 1. The van der Waals surface area contributed by atoms with Gasteiger partial charge in [-0.25, -0.2) is 4.79 Å². The van der Waals surface area contributed by atoms with Gasteiger partial charge in [-0.05, 0) is 31.2 Å². The van der Waals surface area contributed by atoms with Crippen molar-refractivity contribution in [1.82, 2.24) is 0 Å². The normalized spacial score (nSPS) is 10.2. The molecule has 0 radical (unpaired) electrons. The van der Waals surface area contributed by atoms with Crippen molar-refractivity contribution in [1.29, 1.82) is 5.26 Å². The maximum Gasteiger partial charge on any atom is 0.348 e. The van der Waals surface area contributed by atoms with Gasteiger partial charge in [0.1, 0.15) is 28.3 Å². The standard InChI is InChI=1S/C22H18N2O4S/c1-2-27-22(26)20-18(17(12-23)21(24)29-20)13-28-16-10-8-15(9-11-16)19(25)14-6-4-3-5-7-14/h3-11H,2,13,24H2,1H3. The van der Waals surface area contributed by atoms with Gasteiger partial charge in [0.15, 0.2) is 5.78 Å². The first-order chi connectivity index (χ1) is 14.0. The molecule has 2 aromatic carbocycles. The van der Waals surface area contributed by atoms with Gasteiger partial charge in [0.2, 0.25) is 0 Å². The maximum absolute atomic E-state index is 12.5. The number of hydrogen-bond acceptors (Lipinski definition) is 7. The molecule has 6 nitrogen and oxygen atoms in total. The predicted octanol–water partition coefficient (Wildman–Crippen LogP) is 4.19. The third-order valence-electron chi connectivity index (χ3n) is 4.14. The number of carbonyl (C=O) groups is 2. The Balaban J connectivity index is 1.76. The highest BCUT2D eigenvalue weighted by Crippen LogP contribution is 2.32. The average Bonchev–Trinajstić information content (AvgIpc) is 3.08. The number of nitrogens with two attached hydrogens (primary N) is 1. The minimum Gasteiger partial charge on any atom is -0.489 e. The van der Waals surface area contributed by atoms with Gasteiger partial charge in [-0.1, -0.05) is 30.3 Å². The lowest BCUT2D eigenvalue weighted by atomic mass is 10.0. The van der Waals surface area contributed by atoms with Crippen molar-refractivity contribution >= 4 is 28.1 Å². The summed E-state index contributed by atoms with van der Waals surface area (Å²) >= 11 is 1.01. The topological polar surface area (TPSA) is 102 Å². The van der Waals surface area contributed by atoms with Crippen LogP contribution in [-0.2, 0) is 11.3 Å². The molecule has 2 N–H and O–H groups in total. The number of ketones is 1. The molecule has 0 saturated heterocycles. The lowest BCUT2D eigenvalue weighted by molar-refractivity contribution is 0.0529. The van der Waals surface area contributed by atoms with Gasteiger partial charge in [-0.3, -0.25) is 4.79 Å². The Morgan fingerprint density at radius 3 is 2.34 bits per heavy atom. The molecule has 0 aliphatic heterocycles. The van der Waals surface area contributed by atoms with Crippen molar-refractivity contribution in [2.24, 2.45) is 0 Å². The van der Waals surface area contributed by atoms with Crippen molar-refractivity contribution < 1.29 is 19.1 Å². The summed E-state index contributed by atoms with van der Waals surface area (Å²) in [5.41, 5.74) is 7.62. The van der Waals surface area contributed by atoms with Gasteiger partial charge in [-0.2, -0.15) is 5.26 Å². The highest BCUT2D eigenvalue weighted by Gasteiger charge is 2.23. The van der Waals surface area contributed by atoms with E-state index in [4.69, 9.17) is 15.2 Å². The molecule has 0 atom stereocenters. The Morgan fingerprint density at radius 1 is 1.07 bits per heavy atom. The first-order valence-electron chi connectivity index (χ1n) is 8.86. The number of nitrogens with zero attached hydrogens (tertiary/aromatic N) is 1. The summed E-state index contributed by atoms with van der Waals surface area (Å²) in [6.45, 7) is 1.90. The zero-order chi connectivity index (χ0) is 20.8. The largest absolute Gasteiger partial charge is 0.489 e. The molecule has 0 amide bonds. The monoisotopic (exact) mass is 406 g/mol. The quantitative estimate of drug-likeness (QED) is 0.466. The fraction of sp³-hybridized carbons (Fsp3) is 0.136. The van der Waals surface area contributed by atoms with Crippen LogP contribution in [0.5, 0.6) is 5.75 Å². The minimum atomic E-state index is -0.534. The van der Waals surface area contributed by atoms with E-state index in [1.807, 2.05) is 24.3 Å². The number of rotatable bonds is 7. The molecule has 7 heteroatoms. The molecule has 3 rings (SSSR count). The van der Waals surface area contributed by atoms with Gasteiger partial charge < -0.3 is 15.2 Å². The number of nitriles is 1. The third kappa shape index (κ3) is 4.45. The minimum absolute atomic E-state index is 0.0171. The van der Waals surface area contributed by atoms with E-state index in [0.29, 0.717) is 22.4 Å². The fourth-order valence-electron chi connectivity index (χ4n) is 2.72. The summed E-state index contributed by atoms with van der Waals surface area (Å²) in [6.07, 6.45) is 0. The van der Waals surface area contributed by atoms with E-state index in [1.54, 1.807) is 43.3 Å². The molecule has 0 aliphatic rings. The van der Waals surface area contributed by atoms with Crippen LogP contribution in [0.3, 0.4) is 0 Å². The maximum atomic E-state index is 12.5. The van der Waals surface area contributed by atoms with Crippen LogP contribution in [0.1, 0.15) is 43.6 Å². The molecular weight excluding hydrogens is 388 g/mol. The highest BCUT2D eigenvalue weighted by atomic mass is 32.1. The number of nitrogen functional groups attached to an aromatic ring is 1. The summed E-state index contributed by atoms with van der Waals surface area (Å²) in [5, 5.41) is 9.61. The number of carbonyl (C=O) groups excluding carboxylic acids is 2. The van der Waals surface area contributed by atoms with Crippen LogP contribution in [0.2, 0.25) is 0 Å². The number of ether oxygens (including phenoxy) is 2. The first-order valence-corrected chi connectivity index (χ1v) is 9.67. The van der Waals surface area contributed by atoms with Gasteiger partial charge >= 0.3 is 5.97 Å². The van der Waals surface area contributed by atoms with E-state index in [0.717, 1.165) is 11.3 Å². The molecular formula is C22H18N2O4S. The Kier molecular flexibility index (Phi) is 6.27. The summed E-state index contributed by atoms with van der Waals surface area (Å²) in [6, 6.07) is 17.7. The number of thiophene rings is 1. The smallest absolute Gasteiger partial charge is 0.348 e. The Hall–Kier alpha value is -3.63. The van der Waals surface area contributed by atoms with Crippen molar-refractivity contribution in [3.63, 3.8) is 0 Å². The number of benzene rings is 2. The van der Waals surface area contributed by atoms with Gasteiger partial charge in [-0.15, -0.1) is 11.3 Å². The second-order valence-corrected chi connectivity index (χ2v) is 7.04. The Bertz CT molecular complexity index is 1070. The molecule has 0 bridgehead atoms. The van der Waals surface area contributed by atoms with Gasteiger partial charge in [0.05, 0.1) is 12.2 Å². The summed E-state index contributed by atoms with van der Waals surface area (Å²) < 4.78 is 10.8. The van der Waals surface area contributed by atoms with E-state index >= 15 is 0 Å². The third-order valence-corrected chi connectivity index (χ3v) is 5.18. The summed E-state index contributed by atoms with van der Waals surface area (Å²) in [5.74, 6) is -0.120. The van der Waals surface area contributed by atoms with Crippen LogP contribution in [0.15, 0.2) is 54.6 Å². The van der Waals surface area contributed by atoms with E-state index in [1.165, 1.54) is 0 Å². The fourth-order valence-corrected chi connectivity index (χ4v) is 3.64. The van der Waals surface area contributed by atoms with Crippen molar-refractivity contribution in [3.05, 3.63) is 81.7 Å². The van der Waals surface area contributed by atoms with E-state index in [-0.39, 0.29) is 34.4 Å². The zero-order valence-electron chi connectivity index (χ0n) is 15.7. The number of anilines is 1. The lowest BCUT2D eigenvalue weighted by Crippen LogP contribution is -2.08.